The van der Waals surface area contributed by atoms with Crippen LogP contribution in [0.5, 0.6) is 5.75 Å². The first-order chi connectivity index (χ1) is 26.8. The molecule has 14 heteroatoms. The summed E-state index contributed by atoms with van der Waals surface area (Å²) in [6, 6.07) is 15.5. The summed E-state index contributed by atoms with van der Waals surface area (Å²) in [5, 5.41) is 16.1. The molecule has 13 nitrogen and oxygen atoms in total. The molecule has 4 aliphatic rings. The summed E-state index contributed by atoms with van der Waals surface area (Å²) in [7, 11) is 0. The minimum Gasteiger partial charge on any atom is -0.490 e. The quantitative estimate of drug-likeness (QED) is 0.207. The number of amides is 4. The van der Waals surface area contributed by atoms with E-state index in [9.17, 15) is 14.4 Å². The van der Waals surface area contributed by atoms with Crippen molar-refractivity contribution in [1.29, 1.82) is 5.26 Å². The number of carbonyl (C=O) groups is 3. The number of hydrogen-bond acceptors (Lipinski definition) is 9. The van der Waals surface area contributed by atoms with E-state index in [1.165, 1.54) is 0 Å². The third kappa shape index (κ3) is 8.26. The molecule has 2 aromatic heterocycles. The van der Waals surface area contributed by atoms with Crippen LogP contribution in [0.15, 0.2) is 61.1 Å². The van der Waals surface area contributed by atoms with Gasteiger partial charge in [-0.2, -0.15) is 5.26 Å². The van der Waals surface area contributed by atoms with Gasteiger partial charge < -0.3 is 24.4 Å². The second-order valence-electron chi connectivity index (χ2n) is 15.2. The van der Waals surface area contributed by atoms with Crippen LogP contribution in [-0.4, -0.2) is 88.7 Å². The molecule has 5 heterocycles. The van der Waals surface area contributed by atoms with Crippen LogP contribution in [0.4, 0.5) is 16.3 Å². The first-order valence-electron chi connectivity index (χ1n) is 19.5. The van der Waals surface area contributed by atoms with Crippen LogP contribution in [0.3, 0.4) is 0 Å². The zero-order valence-corrected chi connectivity index (χ0v) is 31.6. The van der Waals surface area contributed by atoms with Crippen molar-refractivity contribution in [2.75, 3.05) is 49.1 Å². The summed E-state index contributed by atoms with van der Waals surface area (Å²) in [4.78, 5) is 52.9. The Bertz CT molecular complexity index is 2080. The average molecular weight is 764 g/mol. The molecule has 1 aliphatic carbocycles. The molecular weight excluding hydrogens is 718 g/mol. The molecule has 3 saturated heterocycles. The summed E-state index contributed by atoms with van der Waals surface area (Å²) in [5.41, 5.74) is 2.73. The van der Waals surface area contributed by atoms with Gasteiger partial charge in [-0.05, 0) is 87.6 Å². The number of ether oxygens (including phenoxy) is 1. The number of benzene rings is 2. The number of piperidine rings is 2. The maximum absolute atomic E-state index is 13.0. The zero-order chi connectivity index (χ0) is 37.9. The highest BCUT2D eigenvalue weighted by Gasteiger charge is 2.29. The Hall–Kier alpha value is -5.19. The minimum absolute atomic E-state index is 0.0351. The molecule has 8 rings (SSSR count). The van der Waals surface area contributed by atoms with Crippen LogP contribution in [0.2, 0.25) is 5.02 Å². The molecular formula is C41H46ClN9O4. The van der Waals surface area contributed by atoms with E-state index in [0.717, 1.165) is 106 Å². The van der Waals surface area contributed by atoms with Crippen molar-refractivity contribution in [3.05, 3.63) is 77.3 Å². The van der Waals surface area contributed by atoms with Gasteiger partial charge in [-0.25, -0.2) is 14.8 Å². The molecule has 286 valence electrons. The number of nitrogens with zero attached hydrogens (tertiary/aromatic N) is 7. The second kappa shape index (κ2) is 16.3. The molecule has 55 heavy (non-hydrogen) atoms. The van der Waals surface area contributed by atoms with Crippen molar-refractivity contribution in [3.63, 3.8) is 0 Å². The maximum Gasteiger partial charge on any atom is 0.328 e. The van der Waals surface area contributed by atoms with Gasteiger partial charge in [-0.3, -0.25) is 19.8 Å². The lowest BCUT2D eigenvalue weighted by atomic mass is 9.93. The Balaban J connectivity index is 0.760. The number of hydrogen-bond donors (Lipinski definition) is 2. The van der Waals surface area contributed by atoms with E-state index in [1.807, 2.05) is 12.1 Å². The van der Waals surface area contributed by atoms with Crippen molar-refractivity contribution in [3.8, 4) is 11.8 Å². The van der Waals surface area contributed by atoms with Gasteiger partial charge in [0.1, 0.15) is 23.3 Å². The van der Waals surface area contributed by atoms with Crippen LogP contribution >= 0.6 is 11.6 Å². The molecule has 0 atom stereocenters. The van der Waals surface area contributed by atoms with E-state index in [4.69, 9.17) is 21.6 Å². The molecule has 0 unspecified atom stereocenters. The van der Waals surface area contributed by atoms with Gasteiger partial charge in [0.05, 0.1) is 40.3 Å². The average Bonchev–Trinajstić information content (AvgIpc) is 3.64. The summed E-state index contributed by atoms with van der Waals surface area (Å²) >= 11 is 6.15. The van der Waals surface area contributed by atoms with E-state index in [0.29, 0.717) is 47.0 Å². The van der Waals surface area contributed by atoms with Crippen molar-refractivity contribution < 1.29 is 19.1 Å². The lowest BCUT2D eigenvalue weighted by molar-refractivity contribution is -0.120. The molecule has 3 aliphatic heterocycles. The largest absolute Gasteiger partial charge is 0.490 e. The number of anilines is 2. The molecule has 4 amide bonds. The summed E-state index contributed by atoms with van der Waals surface area (Å²) in [5.74, 6) is 1.67. The van der Waals surface area contributed by atoms with E-state index >= 15 is 0 Å². The maximum atomic E-state index is 13.0. The number of fused-ring (bicyclic) bond motifs is 1. The molecule has 2 aromatic carbocycles. The Morgan fingerprint density at radius 3 is 2.45 bits per heavy atom. The molecule has 0 radical (unpaired) electrons. The van der Waals surface area contributed by atoms with Gasteiger partial charge in [0, 0.05) is 75.4 Å². The first-order valence-corrected chi connectivity index (χ1v) is 19.9. The zero-order valence-electron chi connectivity index (χ0n) is 30.8. The van der Waals surface area contributed by atoms with Gasteiger partial charge in [0.25, 0.3) is 5.91 Å². The van der Waals surface area contributed by atoms with Crippen LogP contribution in [0.1, 0.15) is 79.9 Å². The number of nitrogens with one attached hydrogen (secondary N) is 2. The van der Waals surface area contributed by atoms with Crippen molar-refractivity contribution >= 4 is 51.9 Å². The Labute approximate surface area is 325 Å². The summed E-state index contributed by atoms with van der Waals surface area (Å²) in [6.07, 6.45) is 13.4. The van der Waals surface area contributed by atoms with Crippen LogP contribution in [-0.2, 0) is 4.79 Å². The van der Waals surface area contributed by atoms with Crippen molar-refractivity contribution in [1.82, 2.24) is 30.1 Å². The predicted octanol–water partition coefficient (Wildman–Crippen LogP) is 6.08. The number of halogens is 1. The number of aromatic nitrogens is 3. The minimum atomic E-state index is -0.354. The highest BCUT2D eigenvalue weighted by molar-refractivity contribution is 6.31. The standard InChI is InChI=1S/C41H46ClN9O4/c42-34-22-32(7-4-28(34)23-43)55-31-8-5-29(6-9-31)46-40(53)35-24-45-38(25-44-35)49-18-10-27(11-19-49)26-48-16-12-30(13-17-48)50-20-14-33-36(50)2-1-3-37(33)51-21-15-39(52)47-41(51)54/h1-4,7,14,20,22,24-25,27,29-31H,5-6,8-13,15-19,21,26H2,(H,46,53)(H,47,52,54)/t29-,31-. The SMILES string of the molecule is N#Cc1ccc(O[C@H]2CC[C@H](NC(=O)c3cnc(N4CCC(CN5CCC(n6ccc7c(N8CCC(=O)NC8=O)cccc76)CC5)CC4)cn3)CC2)cc1Cl. The Morgan fingerprint density at radius 1 is 0.945 bits per heavy atom. The number of urea groups is 1. The number of rotatable bonds is 9. The fraction of sp³-hybridized carbons (Fsp3) is 0.463. The van der Waals surface area contributed by atoms with Crippen LogP contribution < -0.4 is 25.2 Å². The van der Waals surface area contributed by atoms with Gasteiger partial charge in [-0.1, -0.05) is 17.7 Å². The second-order valence-corrected chi connectivity index (χ2v) is 15.6. The normalized spacial score (nSPS) is 21.7. The highest BCUT2D eigenvalue weighted by Crippen LogP contribution is 2.34. The number of likely N-dealkylation sites (tertiary alicyclic amines) is 1. The lowest BCUT2D eigenvalue weighted by Gasteiger charge is -2.38. The highest BCUT2D eigenvalue weighted by atomic mass is 35.5. The van der Waals surface area contributed by atoms with Gasteiger partial charge in [-0.15, -0.1) is 0 Å². The monoisotopic (exact) mass is 763 g/mol. The van der Waals surface area contributed by atoms with Crippen LogP contribution in [0, 0.1) is 17.2 Å². The fourth-order valence-corrected chi connectivity index (χ4v) is 8.86. The number of imide groups is 1. The summed E-state index contributed by atoms with van der Waals surface area (Å²) < 4.78 is 8.46. The molecule has 2 N–H and O–H groups in total. The van der Waals surface area contributed by atoms with Gasteiger partial charge in [0.2, 0.25) is 5.91 Å². The lowest BCUT2D eigenvalue weighted by Crippen LogP contribution is -2.49. The van der Waals surface area contributed by atoms with Crippen molar-refractivity contribution in [2.24, 2.45) is 5.92 Å². The Kier molecular flexibility index (Phi) is 10.9. The third-order valence-corrected chi connectivity index (χ3v) is 12.0. The van der Waals surface area contributed by atoms with Gasteiger partial charge >= 0.3 is 6.03 Å². The van der Waals surface area contributed by atoms with Crippen molar-refractivity contribution in [2.45, 2.75) is 76.0 Å². The molecule has 0 spiro atoms. The Morgan fingerprint density at radius 2 is 1.75 bits per heavy atom. The molecule has 4 aromatic rings. The third-order valence-electron chi connectivity index (χ3n) is 11.7. The number of carbonyl (C=O) groups excluding carboxylic acids is 3. The molecule has 4 fully saturated rings. The van der Waals surface area contributed by atoms with Crippen LogP contribution in [0.25, 0.3) is 10.9 Å². The van der Waals surface area contributed by atoms with Gasteiger partial charge in [0.15, 0.2) is 0 Å². The topological polar surface area (TPSA) is 149 Å². The molecule has 1 saturated carbocycles. The first kappa shape index (κ1) is 36.8. The molecule has 0 bridgehead atoms. The predicted molar refractivity (Wildman–Crippen MR) is 209 cm³/mol. The smallest absolute Gasteiger partial charge is 0.328 e. The van der Waals surface area contributed by atoms with E-state index in [1.54, 1.807) is 35.5 Å². The summed E-state index contributed by atoms with van der Waals surface area (Å²) in [6.45, 7) is 5.44. The van der Waals surface area contributed by atoms with E-state index in [2.05, 4.69) is 59.4 Å². The van der Waals surface area contributed by atoms with E-state index < -0.39 is 0 Å². The fourth-order valence-electron chi connectivity index (χ4n) is 8.65. The number of nitriles is 1. The van der Waals surface area contributed by atoms with E-state index in [-0.39, 0.29) is 30.0 Å².